The molecule has 114 valence electrons. The number of nitro groups is 1. The number of nitrogens with one attached hydrogen (secondary N) is 2. The Morgan fingerprint density at radius 1 is 1.18 bits per heavy atom. The van der Waals surface area contributed by atoms with Gasteiger partial charge in [0.05, 0.1) is 10.6 Å². The zero-order valence-electron chi connectivity index (χ0n) is 10.8. The molecular weight excluding hydrogens is 336 g/mol. The summed E-state index contributed by atoms with van der Waals surface area (Å²) in [5.74, 6) is -1.53. The van der Waals surface area contributed by atoms with Crippen molar-refractivity contribution in [3.63, 3.8) is 0 Å². The van der Waals surface area contributed by atoms with Gasteiger partial charge >= 0.3 is 0 Å². The number of nitro benzene ring substituents is 1. The SMILES string of the molecule is O=[N+]([O-])c1cc(NC(=S)Nc2ccc(F)cc2F)ccc1Cl. The molecule has 0 aromatic heterocycles. The van der Waals surface area contributed by atoms with E-state index in [1.807, 2.05) is 0 Å². The molecule has 0 aliphatic carbocycles. The van der Waals surface area contributed by atoms with E-state index in [9.17, 15) is 18.9 Å². The summed E-state index contributed by atoms with van der Waals surface area (Å²) in [5, 5.41) is 15.9. The summed E-state index contributed by atoms with van der Waals surface area (Å²) in [6.45, 7) is 0. The molecular formula is C13H8ClF2N3O2S. The minimum atomic E-state index is -0.814. The van der Waals surface area contributed by atoms with Gasteiger partial charge in [0.1, 0.15) is 16.7 Å². The first-order valence-electron chi connectivity index (χ1n) is 5.84. The summed E-state index contributed by atoms with van der Waals surface area (Å²) in [4.78, 5) is 10.2. The number of hydrogen-bond acceptors (Lipinski definition) is 3. The van der Waals surface area contributed by atoms with Crippen molar-refractivity contribution in [3.05, 3.63) is 63.2 Å². The van der Waals surface area contributed by atoms with E-state index in [2.05, 4.69) is 10.6 Å². The fourth-order valence-corrected chi connectivity index (χ4v) is 2.02. The van der Waals surface area contributed by atoms with Gasteiger partial charge in [0.25, 0.3) is 5.69 Å². The highest BCUT2D eigenvalue weighted by molar-refractivity contribution is 7.80. The Morgan fingerprint density at radius 2 is 1.91 bits per heavy atom. The lowest BCUT2D eigenvalue weighted by atomic mass is 10.3. The van der Waals surface area contributed by atoms with E-state index in [1.165, 1.54) is 24.3 Å². The molecule has 2 rings (SSSR count). The predicted molar refractivity (Wildman–Crippen MR) is 84.3 cm³/mol. The van der Waals surface area contributed by atoms with E-state index in [1.54, 1.807) is 0 Å². The van der Waals surface area contributed by atoms with Gasteiger partial charge in [-0.15, -0.1) is 0 Å². The number of hydrogen-bond donors (Lipinski definition) is 2. The maximum Gasteiger partial charge on any atom is 0.289 e. The minimum absolute atomic E-state index is 0.0119. The molecule has 0 radical (unpaired) electrons. The third kappa shape index (κ3) is 3.86. The monoisotopic (exact) mass is 343 g/mol. The molecule has 2 N–H and O–H groups in total. The van der Waals surface area contributed by atoms with Crippen molar-refractivity contribution >= 4 is 46.0 Å². The Balaban J connectivity index is 2.12. The zero-order valence-corrected chi connectivity index (χ0v) is 12.3. The van der Waals surface area contributed by atoms with Gasteiger partial charge in [0.15, 0.2) is 5.11 Å². The van der Waals surface area contributed by atoms with Crippen LogP contribution in [0.4, 0.5) is 25.8 Å². The summed E-state index contributed by atoms with van der Waals surface area (Å²) in [6, 6.07) is 6.97. The van der Waals surface area contributed by atoms with E-state index in [4.69, 9.17) is 23.8 Å². The van der Waals surface area contributed by atoms with Gasteiger partial charge in [0, 0.05) is 17.8 Å². The van der Waals surface area contributed by atoms with E-state index in [0.717, 1.165) is 6.07 Å². The highest BCUT2D eigenvalue weighted by Crippen LogP contribution is 2.27. The van der Waals surface area contributed by atoms with E-state index < -0.39 is 16.6 Å². The third-order valence-electron chi connectivity index (χ3n) is 2.58. The molecule has 0 saturated heterocycles. The van der Waals surface area contributed by atoms with Gasteiger partial charge in [-0.25, -0.2) is 8.78 Å². The summed E-state index contributed by atoms with van der Waals surface area (Å²) in [5.41, 5.74) is -0.0130. The molecule has 2 aromatic rings. The van der Waals surface area contributed by atoms with Gasteiger partial charge < -0.3 is 10.6 Å². The molecule has 5 nitrogen and oxygen atoms in total. The lowest BCUT2D eigenvalue weighted by molar-refractivity contribution is -0.384. The van der Waals surface area contributed by atoms with E-state index >= 15 is 0 Å². The van der Waals surface area contributed by atoms with Crippen LogP contribution in [-0.4, -0.2) is 10.0 Å². The van der Waals surface area contributed by atoms with Crippen molar-refractivity contribution < 1.29 is 13.7 Å². The standard InChI is InChI=1S/C13H8ClF2N3O2S/c14-9-3-2-8(6-12(9)19(20)21)17-13(22)18-11-4-1-7(15)5-10(11)16/h1-6H,(H2,17,18,22). The highest BCUT2D eigenvalue weighted by atomic mass is 35.5. The van der Waals surface area contributed by atoms with Crippen LogP contribution in [0.25, 0.3) is 0 Å². The normalized spacial score (nSPS) is 10.1. The summed E-state index contributed by atoms with van der Waals surface area (Å²) >= 11 is 10.7. The van der Waals surface area contributed by atoms with Crippen molar-refractivity contribution in [2.45, 2.75) is 0 Å². The lowest BCUT2D eigenvalue weighted by Gasteiger charge is -2.11. The number of halogens is 3. The number of rotatable bonds is 3. The molecule has 0 atom stereocenters. The molecule has 0 bridgehead atoms. The topological polar surface area (TPSA) is 67.2 Å². The predicted octanol–water partition coefficient (Wildman–Crippen LogP) is 4.34. The van der Waals surface area contributed by atoms with Gasteiger partial charge in [-0.2, -0.15) is 0 Å². The molecule has 9 heteroatoms. The number of thiocarbonyl (C=S) groups is 1. The molecule has 0 aliphatic heterocycles. The Hall–Kier alpha value is -2.32. The fourth-order valence-electron chi connectivity index (χ4n) is 1.61. The average molecular weight is 344 g/mol. The zero-order chi connectivity index (χ0) is 16.3. The molecule has 22 heavy (non-hydrogen) atoms. The van der Waals surface area contributed by atoms with E-state index in [0.29, 0.717) is 11.8 Å². The number of anilines is 2. The van der Waals surface area contributed by atoms with Crippen LogP contribution in [-0.2, 0) is 0 Å². The quantitative estimate of drug-likeness (QED) is 0.493. The van der Waals surface area contributed by atoms with Crippen molar-refractivity contribution in [1.29, 1.82) is 0 Å². The second-order valence-corrected chi connectivity index (χ2v) is 4.94. The minimum Gasteiger partial charge on any atom is -0.332 e. The second kappa shape index (κ2) is 6.63. The molecule has 0 spiro atoms. The summed E-state index contributed by atoms with van der Waals surface area (Å²) in [7, 11) is 0. The number of benzene rings is 2. The van der Waals surface area contributed by atoms with Gasteiger partial charge in [-0.1, -0.05) is 11.6 Å². The van der Waals surface area contributed by atoms with Crippen LogP contribution in [0.5, 0.6) is 0 Å². The first kappa shape index (κ1) is 16.1. The first-order valence-corrected chi connectivity index (χ1v) is 6.62. The Kier molecular flexibility index (Phi) is 4.84. The highest BCUT2D eigenvalue weighted by Gasteiger charge is 2.13. The van der Waals surface area contributed by atoms with Gasteiger partial charge in [-0.3, -0.25) is 10.1 Å². The molecule has 0 fully saturated rings. The van der Waals surface area contributed by atoms with Crippen molar-refractivity contribution in [3.8, 4) is 0 Å². The maximum absolute atomic E-state index is 13.5. The van der Waals surface area contributed by atoms with Crippen molar-refractivity contribution in [2.75, 3.05) is 10.6 Å². The summed E-state index contributed by atoms with van der Waals surface area (Å²) < 4.78 is 26.3. The van der Waals surface area contributed by atoms with E-state index in [-0.39, 0.29) is 21.5 Å². The van der Waals surface area contributed by atoms with Crippen LogP contribution < -0.4 is 10.6 Å². The maximum atomic E-state index is 13.5. The lowest BCUT2D eigenvalue weighted by Crippen LogP contribution is -2.19. The van der Waals surface area contributed by atoms with Crippen LogP contribution in [0.1, 0.15) is 0 Å². The second-order valence-electron chi connectivity index (χ2n) is 4.13. The van der Waals surface area contributed by atoms with Gasteiger partial charge in [0.2, 0.25) is 0 Å². The Labute approximate surface area is 134 Å². The Bertz CT molecular complexity index is 758. The van der Waals surface area contributed by atoms with Crippen LogP contribution >= 0.6 is 23.8 Å². The largest absolute Gasteiger partial charge is 0.332 e. The fraction of sp³-hybridized carbons (Fsp3) is 0. The van der Waals surface area contributed by atoms with Crippen molar-refractivity contribution in [1.82, 2.24) is 0 Å². The van der Waals surface area contributed by atoms with Crippen LogP contribution in [0.2, 0.25) is 5.02 Å². The molecule has 0 heterocycles. The summed E-state index contributed by atoms with van der Waals surface area (Å²) in [6.07, 6.45) is 0. The molecule has 0 amide bonds. The number of nitrogens with zero attached hydrogens (tertiary/aromatic N) is 1. The molecule has 0 aliphatic rings. The third-order valence-corrected chi connectivity index (χ3v) is 3.10. The smallest absolute Gasteiger partial charge is 0.289 e. The molecule has 0 unspecified atom stereocenters. The first-order chi connectivity index (χ1) is 10.4. The van der Waals surface area contributed by atoms with Crippen LogP contribution in [0.3, 0.4) is 0 Å². The van der Waals surface area contributed by atoms with Crippen LogP contribution in [0, 0.1) is 21.7 Å². The van der Waals surface area contributed by atoms with Gasteiger partial charge in [-0.05, 0) is 36.5 Å². The van der Waals surface area contributed by atoms with Crippen molar-refractivity contribution in [2.24, 2.45) is 0 Å². The van der Waals surface area contributed by atoms with Crippen LogP contribution in [0.15, 0.2) is 36.4 Å². The Morgan fingerprint density at radius 3 is 2.55 bits per heavy atom. The average Bonchev–Trinajstić information content (AvgIpc) is 2.44. The molecule has 2 aromatic carbocycles. The molecule has 0 saturated carbocycles.